The number of sulfonamides is 1. The predicted molar refractivity (Wildman–Crippen MR) is 118 cm³/mol. The molecule has 2 aliphatic heterocycles. The fraction of sp³-hybridized carbons (Fsp3) is 0.409. The summed E-state index contributed by atoms with van der Waals surface area (Å²) in [6, 6.07) is 11.4. The monoisotopic (exact) mass is 482 g/mol. The molecule has 0 spiro atoms. The van der Waals surface area contributed by atoms with Crippen LogP contribution < -0.4 is 14.8 Å². The van der Waals surface area contributed by atoms with Gasteiger partial charge in [-0.05, 0) is 37.1 Å². The van der Waals surface area contributed by atoms with Crippen molar-refractivity contribution in [3.05, 3.63) is 58.9 Å². The molecule has 1 fully saturated rings. The lowest BCUT2D eigenvalue weighted by Crippen LogP contribution is -2.46. The maximum absolute atomic E-state index is 14.0. The number of nitrogens with zero attached hydrogens (tertiary/aromatic N) is 1. The molecule has 32 heavy (non-hydrogen) atoms. The Hall–Kier alpha value is -2.36. The zero-order valence-electron chi connectivity index (χ0n) is 17.3. The third-order valence-corrected chi connectivity index (χ3v) is 7.84. The first-order valence-electron chi connectivity index (χ1n) is 10.4. The van der Waals surface area contributed by atoms with E-state index in [0.717, 1.165) is 0 Å². The largest absolute Gasteiger partial charge is 0.486 e. The molecule has 0 radical (unpaired) electrons. The number of hydrogen-bond acceptors (Lipinski definition) is 5. The van der Waals surface area contributed by atoms with E-state index in [1.165, 1.54) is 22.5 Å². The van der Waals surface area contributed by atoms with Crippen molar-refractivity contribution in [2.75, 3.05) is 26.2 Å². The van der Waals surface area contributed by atoms with Gasteiger partial charge in [0.25, 0.3) is 0 Å². The standard InChI is InChI=1S/C22H24ClFN2O5S/c23-18-4-3-5-19(24)17(18)14-32(28,29)26-10-8-15(9-11-26)22(27)25-12-16-13-30-20-6-1-2-7-21(20)31-16/h1-7,15-16H,8-14H2,(H,25,27)/t16-/m0/s1. The fourth-order valence-corrected chi connectivity index (χ4v) is 5.78. The van der Waals surface area contributed by atoms with Crippen molar-refractivity contribution in [1.29, 1.82) is 0 Å². The van der Waals surface area contributed by atoms with Crippen molar-refractivity contribution in [1.82, 2.24) is 9.62 Å². The second kappa shape index (κ2) is 9.64. The third kappa shape index (κ3) is 5.16. The normalized spacial score (nSPS) is 19.5. The first kappa shape index (κ1) is 22.8. The van der Waals surface area contributed by atoms with Gasteiger partial charge in [0, 0.05) is 29.6 Å². The van der Waals surface area contributed by atoms with E-state index in [9.17, 15) is 17.6 Å². The molecule has 1 N–H and O–H groups in total. The van der Waals surface area contributed by atoms with Gasteiger partial charge < -0.3 is 14.8 Å². The molecule has 2 aromatic carbocycles. The van der Waals surface area contributed by atoms with Gasteiger partial charge in [-0.3, -0.25) is 4.79 Å². The lowest BCUT2D eigenvalue weighted by atomic mass is 9.97. The smallest absolute Gasteiger partial charge is 0.223 e. The average Bonchev–Trinajstić information content (AvgIpc) is 2.80. The summed E-state index contributed by atoms with van der Waals surface area (Å²) in [5.41, 5.74) is -0.0368. The Morgan fingerprint density at radius 2 is 1.84 bits per heavy atom. The van der Waals surface area contributed by atoms with Crippen molar-refractivity contribution in [3.63, 3.8) is 0 Å². The Balaban J connectivity index is 1.26. The summed E-state index contributed by atoms with van der Waals surface area (Å²) >= 11 is 5.97. The second-order valence-corrected chi connectivity index (χ2v) is 10.2. The highest BCUT2D eigenvalue weighted by Crippen LogP contribution is 2.31. The molecule has 1 atom stereocenters. The summed E-state index contributed by atoms with van der Waals surface area (Å²) in [7, 11) is -3.75. The van der Waals surface area contributed by atoms with Gasteiger partial charge in [-0.25, -0.2) is 17.1 Å². The summed E-state index contributed by atoms with van der Waals surface area (Å²) in [5, 5.41) is 2.97. The van der Waals surface area contributed by atoms with Crippen LogP contribution in [0, 0.1) is 11.7 Å². The van der Waals surface area contributed by atoms with Crippen molar-refractivity contribution in [2.45, 2.75) is 24.7 Å². The highest BCUT2D eigenvalue weighted by atomic mass is 35.5. The van der Waals surface area contributed by atoms with Crippen LogP contribution in [0.25, 0.3) is 0 Å². The molecular formula is C22H24ClFN2O5S. The number of carbonyl (C=O) groups excluding carboxylic acids is 1. The number of amides is 1. The molecule has 1 amide bonds. The van der Waals surface area contributed by atoms with E-state index in [4.69, 9.17) is 21.1 Å². The Labute approximate surface area is 191 Å². The van der Waals surface area contributed by atoms with Crippen LogP contribution in [0.15, 0.2) is 42.5 Å². The van der Waals surface area contributed by atoms with Crippen molar-refractivity contribution < 1.29 is 27.1 Å². The van der Waals surface area contributed by atoms with Gasteiger partial charge in [0.15, 0.2) is 11.5 Å². The number of carbonyl (C=O) groups is 1. The topological polar surface area (TPSA) is 84.9 Å². The number of para-hydroxylation sites is 2. The molecule has 0 unspecified atom stereocenters. The van der Waals surface area contributed by atoms with Gasteiger partial charge in [-0.1, -0.05) is 29.8 Å². The number of piperidine rings is 1. The van der Waals surface area contributed by atoms with Crippen molar-refractivity contribution in [2.24, 2.45) is 5.92 Å². The number of rotatable bonds is 6. The molecule has 7 nitrogen and oxygen atoms in total. The minimum Gasteiger partial charge on any atom is -0.486 e. The van der Waals surface area contributed by atoms with Gasteiger partial charge in [0.2, 0.25) is 15.9 Å². The van der Waals surface area contributed by atoms with Crippen LogP contribution in [0.5, 0.6) is 11.5 Å². The SMILES string of the molecule is O=C(NC[C@H]1COc2ccccc2O1)C1CCN(S(=O)(=O)Cc2c(F)cccc2Cl)CC1. The van der Waals surface area contributed by atoms with E-state index in [0.29, 0.717) is 37.5 Å². The molecule has 10 heteroatoms. The Bertz CT molecular complexity index is 1070. The van der Waals surface area contributed by atoms with Gasteiger partial charge in [-0.2, -0.15) is 0 Å². The van der Waals surface area contributed by atoms with E-state index in [-0.39, 0.29) is 41.6 Å². The van der Waals surface area contributed by atoms with Crippen molar-refractivity contribution in [3.8, 4) is 11.5 Å². The lowest BCUT2D eigenvalue weighted by Gasteiger charge is -2.31. The minimum absolute atomic E-state index is 0.0368. The fourth-order valence-electron chi connectivity index (χ4n) is 3.86. The highest BCUT2D eigenvalue weighted by Gasteiger charge is 2.32. The summed E-state index contributed by atoms with van der Waals surface area (Å²) in [5.74, 6) is -0.258. The lowest BCUT2D eigenvalue weighted by molar-refractivity contribution is -0.126. The first-order chi connectivity index (χ1) is 15.3. The number of ether oxygens (including phenoxy) is 2. The minimum atomic E-state index is -3.75. The molecule has 172 valence electrons. The Morgan fingerprint density at radius 1 is 1.12 bits per heavy atom. The number of halogens is 2. The summed E-state index contributed by atoms with van der Waals surface area (Å²) in [4.78, 5) is 12.6. The number of benzene rings is 2. The van der Waals surface area contributed by atoms with E-state index in [1.807, 2.05) is 24.3 Å². The summed E-state index contributed by atoms with van der Waals surface area (Å²) in [6.07, 6.45) is 0.488. The van der Waals surface area contributed by atoms with Gasteiger partial charge in [0.05, 0.1) is 12.3 Å². The number of nitrogens with one attached hydrogen (secondary N) is 1. The van der Waals surface area contributed by atoms with Crippen LogP contribution >= 0.6 is 11.6 Å². The quantitative estimate of drug-likeness (QED) is 0.684. The number of hydrogen-bond donors (Lipinski definition) is 1. The molecular weight excluding hydrogens is 459 g/mol. The summed E-state index contributed by atoms with van der Waals surface area (Å²) in [6.45, 7) is 1.04. The van der Waals surface area contributed by atoms with Gasteiger partial charge in [-0.15, -0.1) is 0 Å². The first-order valence-corrected chi connectivity index (χ1v) is 12.4. The van der Waals surface area contributed by atoms with E-state index >= 15 is 0 Å². The Kier molecular flexibility index (Phi) is 6.88. The van der Waals surface area contributed by atoms with Gasteiger partial charge >= 0.3 is 0 Å². The summed E-state index contributed by atoms with van der Waals surface area (Å²) < 4.78 is 52.3. The zero-order chi connectivity index (χ0) is 22.7. The van der Waals surface area contributed by atoms with Crippen LogP contribution in [0.1, 0.15) is 18.4 Å². The molecule has 2 aromatic rings. The maximum atomic E-state index is 14.0. The molecule has 0 bridgehead atoms. The van der Waals surface area contributed by atoms with Crippen LogP contribution in [0.3, 0.4) is 0 Å². The molecule has 4 rings (SSSR count). The maximum Gasteiger partial charge on any atom is 0.223 e. The molecule has 2 aliphatic rings. The number of fused-ring (bicyclic) bond motifs is 1. The zero-order valence-corrected chi connectivity index (χ0v) is 18.9. The van der Waals surface area contributed by atoms with Crippen molar-refractivity contribution >= 4 is 27.5 Å². The van der Waals surface area contributed by atoms with Gasteiger partial charge in [0.1, 0.15) is 18.5 Å². The van der Waals surface area contributed by atoms with Crippen LogP contribution in [0.4, 0.5) is 4.39 Å². The highest BCUT2D eigenvalue weighted by molar-refractivity contribution is 7.88. The van der Waals surface area contributed by atoms with Crippen LogP contribution in [0.2, 0.25) is 5.02 Å². The van der Waals surface area contributed by atoms with Crippen LogP contribution in [-0.2, 0) is 20.6 Å². The van der Waals surface area contributed by atoms with E-state index < -0.39 is 21.6 Å². The van der Waals surface area contributed by atoms with Crippen LogP contribution in [-0.4, -0.2) is 51.0 Å². The van der Waals surface area contributed by atoms with E-state index in [1.54, 1.807) is 0 Å². The Morgan fingerprint density at radius 3 is 2.56 bits per heavy atom. The molecule has 1 saturated heterocycles. The molecule has 0 aliphatic carbocycles. The molecule has 2 heterocycles. The second-order valence-electron chi connectivity index (χ2n) is 7.87. The van der Waals surface area contributed by atoms with E-state index in [2.05, 4.69) is 5.32 Å². The average molecular weight is 483 g/mol. The predicted octanol–water partition coefficient (Wildman–Crippen LogP) is 2.98. The molecule has 0 saturated carbocycles. The third-order valence-electron chi connectivity index (χ3n) is 5.68. The molecule has 0 aromatic heterocycles.